The van der Waals surface area contributed by atoms with Crippen molar-refractivity contribution in [1.29, 1.82) is 0 Å². The zero-order valence-electron chi connectivity index (χ0n) is 13.5. The molecular formula is C18H22N2O3. The van der Waals surface area contributed by atoms with Crippen molar-refractivity contribution in [2.45, 2.75) is 6.92 Å². The molecule has 122 valence electrons. The molecule has 5 heteroatoms. The standard InChI is InChI=1S/C18H22N2O3/c1-3-20(11-12-21)18(22)16-9-4-5-10-17(16)19-14-7-6-8-15(13-14)23-2/h4-10,13,19,21H,3,11-12H2,1-2H3. The third kappa shape index (κ3) is 4.23. The number of benzene rings is 2. The van der Waals surface area contributed by atoms with Crippen molar-refractivity contribution in [3.8, 4) is 5.75 Å². The molecule has 2 aromatic carbocycles. The Balaban J connectivity index is 2.28. The highest BCUT2D eigenvalue weighted by Gasteiger charge is 2.17. The van der Waals surface area contributed by atoms with Crippen LogP contribution in [-0.2, 0) is 0 Å². The fourth-order valence-corrected chi connectivity index (χ4v) is 2.33. The zero-order chi connectivity index (χ0) is 16.7. The van der Waals surface area contributed by atoms with Gasteiger partial charge in [0.25, 0.3) is 5.91 Å². The van der Waals surface area contributed by atoms with Gasteiger partial charge in [-0.1, -0.05) is 18.2 Å². The van der Waals surface area contributed by atoms with Crippen LogP contribution in [0.2, 0.25) is 0 Å². The number of ether oxygens (including phenoxy) is 1. The number of aliphatic hydroxyl groups excluding tert-OH is 1. The maximum Gasteiger partial charge on any atom is 0.256 e. The number of hydrogen-bond donors (Lipinski definition) is 2. The Labute approximate surface area is 136 Å². The van der Waals surface area contributed by atoms with E-state index in [9.17, 15) is 4.79 Å². The van der Waals surface area contributed by atoms with E-state index in [0.717, 1.165) is 17.1 Å². The van der Waals surface area contributed by atoms with Crippen molar-refractivity contribution in [1.82, 2.24) is 4.90 Å². The lowest BCUT2D eigenvalue weighted by atomic mass is 10.1. The van der Waals surface area contributed by atoms with Crippen LogP contribution in [0.4, 0.5) is 11.4 Å². The highest BCUT2D eigenvalue weighted by molar-refractivity contribution is 6.00. The zero-order valence-corrected chi connectivity index (χ0v) is 13.5. The monoisotopic (exact) mass is 314 g/mol. The fourth-order valence-electron chi connectivity index (χ4n) is 2.33. The quantitative estimate of drug-likeness (QED) is 0.825. The number of amides is 1. The van der Waals surface area contributed by atoms with Gasteiger partial charge in [-0.25, -0.2) is 0 Å². The van der Waals surface area contributed by atoms with Gasteiger partial charge in [-0.15, -0.1) is 0 Å². The van der Waals surface area contributed by atoms with Crippen LogP contribution in [0.1, 0.15) is 17.3 Å². The highest BCUT2D eigenvalue weighted by Crippen LogP contribution is 2.24. The van der Waals surface area contributed by atoms with Crippen LogP contribution in [0.15, 0.2) is 48.5 Å². The minimum atomic E-state index is -0.104. The van der Waals surface area contributed by atoms with Gasteiger partial charge in [0.2, 0.25) is 0 Å². The van der Waals surface area contributed by atoms with Gasteiger partial charge < -0.3 is 20.1 Å². The number of carbonyl (C=O) groups is 1. The second-order valence-electron chi connectivity index (χ2n) is 5.01. The van der Waals surface area contributed by atoms with Crippen molar-refractivity contribution in [3.05, 3.63) is 54.1 Å². The molecule has 2 rings (SSSR count). The number of aliphatic hydroxyl groups is 1. The van der Waals surface area contributed by atoms with Crippen LogP contribution in [0.5, 0.6) is 5.75 Å². The van der Waals surface area contributed by atoms with Crippen LogP contribution >= 0.6 is 0 Å². The Kier molecular flexibility index (Phi) is 6.00. The lowest BCUT2D eigenvalue weighted by Crippen LogP contribution is -2.33. The van der Waals surface area contributed by atoms with Crippen LogP contribution in [0.25, 0.3) is 0 Å². The third-order valence-electron chi connectivity index (χ3n) is 3.55. The maximum atomic E-state index is 12.7. The summed E-state index contributed by atoms with van der Waals surface area (Å²) in [6.45, 7) is 2.71. The van der Waals surface area contributed by atoms with E-state index < -0.39 is 0 Å². The molecule has 0 spiro atoms. The minimum absolute atomic E-state index is 0.0505. The van der Waals surface area contributed by atoms with Crippen molar-refractivity contribution in [2.75, 3.05) is 32.1 Å². The van der Waals surface area contributed by atoms with Crippen LogP contribution in [0.3, 0.4) is 0 Å². The topological polar surface area (TPSA) is 61.8 Å². The molecule has 0 aliphatic heterocycles. The number of anilines is 2. The molecule has 2 aromatic rings. The largest absolute Gasteiger partial charge is 0.497 e. The Morgan fingerprint density at radius 1 is 1.22 bits per heavy atom. The maximum absolute atomic E-state index is 12.7. The van der Waals surface area contributed by atoms with Crippen molar-refractivity contribution < 1.29 is 14.6 Å². The molecule has 0 heterocycles. The Morgan fingerprint density at radius 3 is 2.70 bits per heavy atom. The van der Waals surface area contributed by atoms with E-state index in [0.29, 0.717) is 18.7 Å². The molecule has 0 atom stereocenters. The summed E-state index contributed by atoms with van der Waals surface area (Å²) in [7, 11) is 1.62. The van der Waals surface area contributed by atoms with E-state index in [1.165, 1.54) is 0 Å². The van der Waals surface area contributed by atoms with Crippen molar-refractivity contribution in [2.24, 2.45) is 0 Å². The molecule has 2 N–H and O–H groups in total. The summed E-state index contributed by atoms with van der Waals surface area (Å²) in [5, 5.41) is 12.4. The lowest BCUT2D eigenvalue weighted by molar-refractivity contribution is 0.0733. The number of para-hydroxylation sites is 1. The molecule has 23 heavy (non-hydrogen) atoms. The summed E-state index contributed by atoms with van der Waals surface area (Å²) in [4.78, 5) is 14.3. The first-order valence-electron chi connectivity index (χ1n) is 7.59. The second-order valence-corrected chi connectivity index (χ2v) is 5.01. The molecule has 0 aromatic heterocycles. The molecule has 0 aliphatic carbocycles. The average molecular weight is 314 g/mol. The molecule has 0 fully saturated rings. The molecule has 0 saturated heterocycles. The molecule has 0 aliphatic rings. The number of likely N-dealkylation sites (N-methyl/N-ethyl adjacent to an activating group) is 1. The number of nitrogens with one attached hydrogen (secondary N) is 1. The average Bonchev–Trinajstić information content (AvgIpc) is 2.59. The van der Waals surface area contributed by atoms with Gasteiger partial charge in [-0.05, 0) is 31.2 Å². The third-order valence-corrected chi connectivity index (χ3v) is 3.55. The predicted molar refractivity (Wildman–Crippen MR) is 91.4 cm³/mol. The predicted octanol–water partition coefficient (Wildman–Crippen LogP) is 2.89. The minimum Gasteiger partial charge on any atom is -0.497 e. The van der Waals surface area contributed by atoms with E-state index in [2.05, 4.69) is 5.32 Å². The van der Waals surface area contributed by atoms with Gasteiger partial charge >= 0.3 is 0 Å². The number of rotatable bonds is 7. The van der Waals surface area contributed by atoms with E-state index in [-0.39, 0.29) is 12.5 Å². The van der Waals surface area contributed by atoms with E-state index in [4.69, 9.17) is 9.84 Å². The Bertz CT molecular complexity index is 658. The van der Waals surface area contributed by atoms with Gasteiger partial charge in [0.05, 0.1) is 25.0 Å². The highest BCUT2D eigenvalue weighted by atomic mass is 16.5. The number of nitrogens with zero attached hydrogens (tertiary/aromatic N) is 1. The number of hydrogen-bond acceptors (Lipinski definition) is 4. The number of carbonyl (C=O) groups excluding carboxylic acids is 1. The molecule has 1 amide bonds. The van der Waals surface area contributed by atoms with E-state index in [1.54, 1.807) is 18.1 Å². The van der Waals surface area contributed by atoms with Crippen LogP contribution in [0, 0.1) is 0 Å². The summed E-state index contributed by atoms with van der Waals surface area (Å²) in [6.07, 6.45) is 0. The van der Waals surface area contributed by atoms with Crippen molar-refractivity contribution in [3.63, 3.8) is 0 Å². The van der Waals surface area contributed by atoms with Gasteiger partial charge in [-0.3, -0.25) is 4.79 Å². The first-order chi connectivity index (χ1) is 11.2. The van der Waals surface area contributed by atoms with E-state index in [1.807, 2.05) is 49.4 Å². The second kappa shape index (κ2) is 8.19. The van der Waals surface area contributed by atoms with Gasteiger partial charge in [0, 0.05) is 24.8 Å². The summed E-state index contributed by atoms with van der Waals surface area (Å²) in [5.74, 6) is 0.641. The van der Waals surface area contributed by atoms with Gasteiger partial charge in [0.15, 0.2) is 0 Å². The van der Waals surface area contributed by atoms with Crippen LogP contribution in [-0.4, -0.2) is 42.7 Å². The smallest absolute Gasteiger partial charge is 0.256 e. The molecule has 0 saturated carbocycles. The lowest BCUT2D eigenvalue weighted by Gasteiger charge is -2.21. The number of methoxy groups -OCH3 is 1. The molecular weight excluding hydrogens is 292 g/mol. The molecule has 0 unspecified atom stereocenters. The summed E-state index contributed by atoms with van der Waals surface area (Å²) in [6, 6.07) is 14.9. The molecule has 0 bridgehead atoms. The summed E-state index contributed by atoms with van der Waals surface area (Å²) >= 11 is 0. The van der Waals surface area contributed by atoms with Crippen LogP contribution < -0.4 is 10.1 Å². The Hall–Kier alpha value is -2.53. The molecule has 0 radical (unpaired) electrons. The summed E-state index contributed by atoms with van der Waals surface area (Å²) in [5.41, 5.74) is 2.14. The summed E-state index contributed by atoms with van der Waals surface area (Å²) < 4.78 is 5.21. The van der Waals surface area contributed by atoms with Crippen molar-refractivity contribution >= 4 is 17.3 Å². The Morgan fingerprint density at radius 2 is 2.00 bits per heavy atom. The van der Waals surface area contributed by atoms with Gasteiger partial charge in [-0.2, -0.15) is 0 Å². The fraction of sp³-hybridized carbons (Fsp3) is 0.278. The van der Waals surface area contributed by atoms with E-state index >= 15 is 0 Å². The SMILES string of the molecule is CCN(CCO)C(=O)c1ccccc1Nc1cccc(OC)c1. The first kappa shape index (κ1) is 16.8. The molecule has 5 nitrogen and oxygen atoms in total. The normalized spacial score (nSPS) is 10.2. The van der Waals surface area contributed by atoms with Gasteiger partial charge in [0.1, 0.15) is 5.75 Å². The first-order valence-corrected chi connectivity index (χ1v) is 7.59.